The topological polar surface area (TPSA) is 99.3 Å². The Morgan fingerprint density at radius 2 is 2.00 bits per heavy atom. The number of urea groups is 1. The second kappa shape index (κ2) is 7.91. The smallest absolute Gasteiger partial charge is 0.325 e. The Hall–Kier alpha value is -3.20. The summed E-state index contributed by atoms with van der Waals surface area (Å²) in [5.74, 6) is 0.232. The average Bonchev–Trinajstić information content (AvgIpc) is 3.22. The highest BCUT2D eigenvalue weighted by atomic mass is 32.1. The minimum Gasteiger partial charge on any atom is -0.385 e. The zero-order valence-electron chi connectivity index (χ0n) is 17.2. The van der Waals surface area contributed by atoms with Crippen LogP contribution in [0.15, 0.2) is 36.5 Å². The maximum Gasteiger partial charge on any atom is 0.325 e. The Labute approximate surface area is 178 Å². The van der Waals surface area contributed by atoms with Crippen molar-refractivity contribution in [3.05, 3.63) is 36.5 Å². The molecule has 1 aliphatic rings. The molecule has 0 spiro atoms. The third-order valence-corrected chi connectivity index (χ3v) is 6.01. The lowest BCUT2D eigenvalue weighted by atomic mass is 10.1. The molecule has 1 aliphatic heterocycles. The molecule has 9 heteroatoms. The molecular formula is C21H24N6O2S. The summed E-state index contributed by atoms with van der Waals surface area (Å²) >= 11 is 1.68. The number of amides is 3. The first-order valence-corrected chi connectivity index (χ1v) is 10.7. The van der Waals surface area contributed by atoms with Crippen LogP contribution >= 0.6 is 11.3 Å². The molecule has 2 aromatic heterocycles. The first-order valence-electron chi connectivity index (χ1n) is 9.86. The third kappa shape index (κ3) is 3.93. The Balaban J connectivity index is 1.45. The van der Waals surface area contributed by atoms with Crippen molar-refractivity contribution in [1.29, 1.82) is 0 Å². The van der Waals surface area contributed by atoms with Gasteiger partial charge in [0.1, 0.15) is 5.54 Å². The molecule has 0 saturated carbocycles. The van der Waals surface area contributed by atoms with Gasteiger partial charge in [-0.25, -0.2) is 14.8 Å². The van der Waals surface area contributed by atoms with E-state index < -0.39 is 5.54 Å². The molecule has 156 valence electrons. The number of nitrogens with one attached hydrogen (secondary N) is 3. The van der Waals surface area contributed by atoms with Crippen LogP contribution in [0.5, 0.6) is 0 Å². The highest BCUT2D eigenvalue weighted by Gasteiger charge is 2.43. The minimum absolute atomic E-state index is 0.230. The third-order valence-electron chi connectivity index (χ3n) is 4.87. The highest BCUT2D eigenvalue weighted by Crippen LogP contribution is 2.34. The van der Waals surface area contributed by atoms with Crippen LogP contribution in [0, 0.1) is 0 Å². The zero-order chi connectivity index (χ0) is 21.3. The van der Waals surface area contributed by atoms with Crippen molar-refractivity contribution in [2.45, 2.75) is 26.3 Å². The fourth-order valence-electron chi connectivity index (χ4n) is 3.37. The predicted octanol–water partition coefficient (Wildman–Crippen LogP) is 3.53. The summed E-state index contributed by atoms with van der Waals surface area (Å²) in [6.07, 6.45) is 1.70. The van der Waals surface area contributed by atoms with E-state index in [2.05, 4.69) is 57.1 Å². The molecule has 0 radical (unpaired) electrons. The number of nitrogens with zero attached hydrogens (tertiary/aromatic N) is 3. The van der Waals surface area contributed by atoms with Crippen molar-refractivity contribution >= 4 is 45.0 Å². The molecule has 1 aromatic carbocycles. The van der Waals surface area contributed by atoms with Gasteiger partial charge in [0.25, 0.3) is 5.91 Å². The maximum absolute atomic E-state index is 12.2. The summed E-state index contributed by atoms with van der Waals surface area (Å²) in [5.41, 5.74) is 1.07. The maximum atomic E-state index is 12.2. The first kappa shape index (κ1) is 20.1. The molecule has 4 rings (SSSR count). The number of hydrogen-bond acceptors (Lipinski definition) is 7. The van der Waals surface area contributed by atoms with Crippen molar-refractivity contribution in [2.24, 2.45) is 0 Å². The number of carbonyl (C=O) groups excluding carboxylic acids is 2. The number of benzene rings is 1. The Kier molecular flexibility index (Phi) is 5.29. The van der Waals surface area contributed by atoms with Crippen LogP contribution in [-0.2, 0) is 4.79 Å². The fraction of sp³-hybridized carbons (Fsp3) is 0.333. The van der Waals surface area contributed by atoms with Crippen LogP contribution in [0.3, 0.4) is 0 Å². The van der Waals surface area contributed by atoms with Gasteiger partial charge in [0.15, 0.2) is 0 Å². The van der Waals surface area contributed by atoms with E-state index >= 15 is 0 Å². The zero-order valence-corrected chi connectivity index (χ0v) is 18.0. The molecule has 3 heterocycles. The second-order valence-electron chi connectivity index (χ2n) is 7.60. The van der Waals surface area contributed by atoms with E-state index in [1.165, 1.54) is 15.0 Å². The first-order chi connectivity index (χ1) is 14.4. The van der Waals surface area contributed by atoms with Crippen molar-refractivity contribution < 1.29 is 9.59 Å². The van der Waals surface area contributed by atoms with Gasteiger partial charge in [-0.2, -0.15) is 0 Å². The number of carbonyl (C=O) groups is 2. The van der Waals surface area contributed by atoms with Crippen LogP contribution in [0.4, 0.5) is 16.4 Å². The fourth-order valence-corrected chi connectivity index (χ4v) is 4.38. The molecule has 3 amide bonds. The molecule has 3 aromatic rings. The van der Waals surface area contributed by atoms with Gasteiger partial charge in [-0.1, -0.05) is 0 Å². The van der Waals surface area contributed by atoms with Gasteiger partial charge in [-0.15, -0.1) is 11.3 Å². The van der Waals surface area contributed by atoms with E-state index in [0.29, 0.717) is 12.5 Å². The lowest BCUT2D eigenvalue weighted by molar-refractivity contribution is -0.130. The summed E-state index contributed by atoms with van der Waals surface area (Å²) in [4.78, 5) is 35.3. The molecule has 30 heavy (non-hydrogen) atoms. The molecule has 8 nitrogen and oxygen atoms in total. The average molecular weight is 425 g/mol. The van der Waals surface area contributed by atoms with Crippen LogP contribution in [0.25, 0.3) is 20.7 Å². The molecule has 0 aliphatic carbocycles. The predicted molar refractivity (Wildman–Crippen MR) is 120 cm³/mol. The van der Waals surface area contributed by atoms with Gasteiger partial charge in [0.05, 0.1) is 10.6 Å². The van der Waals surface area contributed by atoms with Crippen LogP contribution < -0.4 is 16.0 Å². The highest BCUT2D eigenvalue weighted by molar-refractivity contribution is 7.22. The van der Waals surface area contributed by atoms with E-state index in [1.54, 1.807) is 31.4 Å². The quantitative estimate of drug-likeness (QED) is 0.502. The second-order valence-corrected chi connectivity index (χ2v) is 8.68. The van der Waals surface area contributed by atoms with Gasteiger partial charge >= 0.3 is 6.03 Å². The number of fused-ring (bicyclic) bond motifs is 1. The molecule has 0 atom stereocenters. The van der Waals surface area contributed by atoms with Crippen molar-refractivity contribution in [3.63, 3.8) is 0 Å². The Morgan fingerprint density at radius 3 is 2.73 bits per heavy atom. The lowest BCUT2D eigenvalue weighted by Crippen LogP contribution is -2.40. The summed E-state index contributed by atoms with van der Waals surface area (Å²) in [6, 6.07) is 9.96. The summed E-state index contributed by atoms with van der Waals surface area (Å²) in [6.45, 7) is 6.96. The van der Waals surface area contributed by atoms with Crippen molar-refractivity contribution in [3.8, 4) is 10.6 Å². The molecular weight excluding hydrogens is 400 g/mol. The molecule has 3 N–H and O–H groups in total. The van der Waals surface area contributed by atoms with Crippen LogP contribution in [-0.4, -0.2) is 52.0 Å². The monoisotopic (exact) mass is 424 g/mol. The van der Waals surface area contributed by atoms with Gasteiger partial charge in [-0.3, -0.25) is 9.69 Å². The van der Waals surface area contributed by atoms with Gasteiger partial charge in [0, 0.05) is 36.2 Å². The van der Waals surface area contributed by atoms with Gasteiger partial charge in [0.2, 0.25) is 5.95 Å². The van der Waals surface area contributed by atoms with Crippen molar-refractivity contribution in [1.82, 2.24) is 20.2 Å². The summed E-state index contributed by atoms with van der Waals surface area (Å²) < 4.78 is 1.20. The van der Waals surface area contributed by atoms with E-state index in [4.69, 9.17) is 0 Å². The molecule has 0 bridgehead atoms. The van der Waals surface area contributed by atoms with E-state index in [0.717, 1.165) is 22.8 Å². The number of rotatable bonds is 7. The molecule has 1 fully saturated rings. The SMILES string of the molecule is CCNc1ccc2sc(-c3ccnc(NCCN4C(=O)NC(C)(C)C4=O)n3)cc2c1. The largest absolute Gasteiger partial charge is 0.385 e. The summed E-state index contributed by atoms with van der Waals surface area (Å²) in [7, 11) is 0. The number of anilines is 2. The van der Waals surface area contributed by atoms with Gasteiger partial charge in [-0.05, 0) is 56.5 Å². The number of thiophene rings is 1. The molecule has 1 saturated heterocycles. The lowest BCUT2D eigenvalue weighted by Gasteiger charge is -2.16. The van der Waals surface area contributed by atoms with Crippen LogP contribution in [0.2, 0.25) is 0 Å². The van der Waals surface area contributed by atoms with Crippen LogP contribution in [0.1, 0.15) is 20.8 Å². The van der Waals surface area contributed by atoms with Crippen molar-refractivity contribution in [2.75, 3.05) is 30.3 Å². The standard InChI is InChI=1S/C21H24N6O2S/c1-4-22-14-5-6-16-13(11-14)12-17(30-16)15-7-8-23-19(25-15)24-9-10-27-18(28)21(2,3)26-20(27)29/h5-8,11-12,22H,4,9-10H2,1-3H3,(H,26,29)(H,23,24,25). The number of imide groups is 1. The van der Waals surface area contributed by atoms with E-state index in [9.17, 15) is 9.59 Å². The molecule has 0 unspecified atom stereocenters. The summed E-state index contributed by atoms with van der Waals surface area (Å²) in [5, 5.41) is 10.3. The normalized spacial score (nSPS) is 15.5. The van der Waals surface area contributed by atoms with Gasteiger partial charge < -0.3 is 16.0 Å². The minimum atomic E-state index is -0.860. The van der Waals surface area contributed by atoms with E-state index in [-0.39, 0.29) is 18.5 Å². The Morgan fingerprint density at radius 1 is 1.17 bits per heavy atom. The number of aromatic nitrogens is 2. The Bertz CT molecular complexity index is 1110. The number of hydrogen-bond donors (Lipinski definition) is 3. The van der Waals surface area contributed by atoms with E-state index in [1.807, 2.05) is 6.07 Å².